The van der Waals surface area contributed by atoms with Gasteiger partial charge in [0.05, 0.1) is 16.9 Å². The number of methoxy groups -OCH3 is 1. The zero-order valence-electron chi connectivity index (χ0n) is 12.6. The first kappa shape index (κ1) is 17.6. The molecule has 0 bridgehead atoms. The Bertz CT molecular complexity index is 815. The highest BCUT2D eigenvalue weighted by atomic mass is 32.2. The van der Waals surface area contributed by atoms with Gasteiger partial charge in [-0.15, -0.1) is 11.3 Å². The molecule has 0 fully saturated rings. The van der Waals surface area contributed by atoms with Crippen molar-refractivity contribution < 1.29 is 22.3 Å². The minimum absolute atomic E-state index is 0.0145. The lowest BCUT2D eigenvalue weighted by Gasteiger charge is -2.08. The highest BCUT2D eigenvalue weighted by Crippen LogP contribution is 2.21. The van der Waals surface area contributed by atoms with Crippen molar-refractivity contribution in [1.82, 2.24) is 4.72 Å². The molecule has 1 aromatic heterocycles. The molecule has 0 radical (unpaired) electrons. The highest BCUT2D eigenvalue weighted by molar-refractivity contribution is 7.89. The Labute approximate surface area is 138 Å². The van der Waals surface area contributed by atoms with E-state index in [0.717, 1.165) is 10.9 Å². The summed E-state index contributed by atoms with van der Waals surface area (Å²) in [5, 5.41) is 0. The van der Waals surface area contributed by atoms with Gasteiger partial charge in [0.25, 0.3) is 0 Å². The number of benzene rings is 1. The van der Waals surface area contributed by atoms with Crippen LogP contribution < -0.4 is 9.46 Å². The van der Waals surface area contributed by atoms with Gasteiger partial charge in [0.15, 0.2) is 17.3 Å². The third-order valence-electron chi connectivity index (χ3n) is 3.11. The van der Waals surface area contributed by atoms with Crippen LogP contribution in [0.15, 0.2) is 35.2 Å². The van der Waals surface area contributed by atoms with E-state index < -0.39 is 15.8 Å². The first-order valence-corrected chi connectivity index (χ1v) is 9.06. The Kier molecular flexibility index (Phi) is 5.51. The summed E-state index contributed by atoms with van der Waals surface area (Å²) in [7, 11) is -2.49. The molecule has 0 spiro atoms. The molecule has 0 aliphatic rings. The summed E-state index contributed by atoms with van der Waals surface area (Å²) in [6, 6.07) is 6.98. The monoisotopic (exact) mass is 357 g/mol. The minimum atomic E-state index is -3.80. The molecule has 124 valence electrons. The molecule has 0 aliphatic heterocycles. The molecule has 1 aromatic carbocycles. The predicted molar refractivity (Wildman–Crippen MR) is 86.2 cm³/mol. The van der Waals surface area contributed by atoms with E-state index in [4.69, 9.17) is 4.74 Å². The van der Waals surface area contributed by atoms with Crippen molar-refractivity contribution in [1.29, 1.82) is 0 Å². The number of ketones is 1. The molecule has 1 heterocycles. The van der Waals surface area contributed by atoms with Crippen LogP contribution >= 0.6 is 11.3 Å². The fourth-order valence-electron chi connectivity index (χ4n) is 1.91. The van der Waals surface area contributed by atoms with E-state index in [1.807, 2.05) is 0 Å². The van der Waals surface area contributed by atoms with Gasteiger partial charge in [-0.1, -0.05) is 0 Å². The average Bonchev–Trinajstić information content (AvgIpc) is 2.96. The van der Waals surface area contributed by atoms with Crippen LogP contribution in [-0.4, -0.2) is 27.9 Å². The van der Waals surface area contributed by atoms with Crippen LogP contribution in [0.3, 0.4) is 0 Å². The molecule has 5 nitrogen and oxygen atoms in total. The van der Waals surface area contributed by atoms with E-state index in [9.17, 15) is 17.6 Å². The Morgan fingerprint density at radius 2 is 2.04 bits per heavy atom. The second kappa shape index (κ2) is 7.20. The number of hydrogen-bond donors (Lipinski definition) is 1. The number of rotatable bonds is 7. The van der Waals surface area contributed by atoms with Crippen molar-refractivity contribution in [2.45, 2.75) is 18.2 Å². The molecule has 23 heavy (non-hydrogen) atoms. The first-order chi connectivity index (χ1) is 10.8. The highest BCUT2D eigenvalue weighted by Gasteiger charge is 2.16. The van der Waals surface area contributed by atoms with Crippen molar-refractivity contribution in [3.05, 3.63) is 45.9 Å². The average molecular weight is 357 g/mol. The maximum absolute atomic E-state index is 13.6. The molecule has 1 N–H and O–H groups in total. The number of thiophene rings is 1. The molecule has 0 amide bonds. The largest absolute Gasteiger partial charge is 0.494 e. The van der Waals surface area contributed by atoms with Crippen LogP contribution in [0.1, 0.15) is 21.5 Å². The van der Waals surface area contributed by atoms with Gasteiger partial charge >= 0.3 is 0 Å². The van der Waals surface area contributed by atoms with Crippen molar-refractivity contribution >= 4 is 27.1 Å². The number of sulfonamides is 1. The summed E-state index contributed by atoms with van der Waals surface area (Å²) < 4.78 is 45.0. The molecule has 0 unspecified atom stereocenters. The van der Waals surface area contributed by atoms with E-state index >= 15 is 0 Å². The lowest BCUT2D eigenvalue weighted by atomic mass is 10.3. The van der Waals surface area contributed by atoms with Gasteiger partial charge < -0.3 is 4.74 Å². The Hall–Kier alpha value is -1.77. The molecule has 2 rings (SSSR count). The SMILES string of the molecule is COc1ccc(S(=O)(=O)NCCc2ccc(C(C)=O)s2)cc1F. The summed E-state index contributed by atoms with van der Waals surface area (Å²) in [6.07, 6.45) is 0.454. The second-order valence-electron chi connectivity index (χ2n) is 4.77. The zero-order chi connectivity index (χ0) is 17.0. The van der Waals surface area contributed by atoms with E-state index in [1.54, 1.807) is 12.1 Å². The van der Waals surface area contributed by atoms with Gasteiger partial charge in [-0.2, -0.15) is 0 Å². The quantitative estimate of drug-likeness (QED) is 0.773. The Morgan fingerprint density at radius 3 is 2.61 bits per heavy atom. The molecular weight excluding hydrogens is 341 g/mol. The van der Waals surface area contributed by atoms with Gasteiger partial charge in [-0.3, -0.25) is 4.79 Å². The van der Waals surface area contributed by atoms with Crippen LogP contribution in [0.25, 0.3) is 0 Å². The lowest BCUT2D eigenvalue weighted by molar-refractivity contribution is 0.102. The number of carbonyl (C=O) groups is 1. The van der Waals surface area contributed by atoms with Crippen molar-refractivity contribution in [3.63, 3.8) is 0 Å². The van der Waals surface area contributed by atoms with Crippen molar-refractivity contribution in [3.8, 4) is 5.75 Å². The van der Waals surface area contributed by atoms with Crippen LogP contribution in [0.4, 0.5) is 4.39 Å². The summed E-state index contributed by atoms with van der Waals surface area (Å²) in [6.45, 7) is 1.64. The van der Waals surface area contributed by atoms with Gasteiger partial charge in [-0.05, 0) is 43.7 Å². The molecule has 0 aliphatic carbocycles. The number of halogens is 1. The summed E-state index contributed by atoms with van der Waals surface area (Å²) in [4.78, 5) is 12.6. The molecule has 0 atom stereocenters. The van der Waals surface area contributed by atoms with Crippen LogP contribution in [0.5, 0.6) is 5.75 Å². The normalized spacial score (nSPS) is 11.4. The fourth-order valence-corrected chi connectivity index (χ4v) is 3.85. The number of nitrogens with one attached hydrogen (secondary N) is 1. The zero-order valence-corrected chi connectivity index (χ0v) is 14.3. The van der Waals surface area contributed by atoms with Crippen LogP contribution in [-0.2, 0) is 16.4 Å². The van der Waals surface area contributed by atoms with Gasteiger partial charge in [0.2, 0.25) is 10.0 Å². The molecule has 8 heteroatoms. The van der Waals surface area contributed by atoms with E-state index in [1.165, 1.54) is 37.5 Å². The summed E-state index contributed by atoms with van der Waals surface area (Å²) in [5.41, 5.74) is 0. The third kappa shape index (κ3) is 4.37. The van der Waals surface area contributed by atoms with E-state index in [0.29, 0.717) is 11.3 Å². The maximum atomic E-state index is 13.6. The Balaban J connectivity index is 2.01. The van der Waals surface area contributed by atoms with Gasteiger partial charge in [0.1, 0.15) is 0 Å². The number of carbonyl (C=O) groups excluding carboxylic acids is 1. The van der Waals surface area contributed by atoms with Gasteiger partial charge in [0, 0.05) is 11.4 Å². The molecular formula is C15H16FNO4S2. The maximum Gasteiger partial charge on any atom is 0.240 e. The number of ether oxygens (including phenoxy) is 1. The molecule has 0 saturated carbocycles. The van der Waals surface area contributed by atoms with Gasteiger partial charge in [-0.25, -0.2) is 17.5 Å². The second-order valence-corrected chi connectivity index (χ2v) is 7.70. The first-order valence-electron chi connectivity index (χ1n) is 6.76. The van der Waals surface area contributed by atoms with Crippen molar-refractivity contribution in [2.75, 3.05) is 13.7 Å². The Morgan fingerprint density at radius 1 is 1.30 bits per heavy atom. The third-order valence-corrected chi connectivity index (χ3v) is 5.81. The van der Waals surface area contributed by atoms with Crippen LogP contribution in [0, 0.1) is 5.82 Å². The smallest absolute Gasteiger partial charge is 0.240 e. The van der Waals surface area contributed by atoms with Crippen LogP contribution in [0.2, 0.25) is 0 Å². The van der Waals surface area contributed by atoms with E-state index in [2.05, 4.69) is 4.72 Å². The number of hydrogen-bond acceptors (Lipinski definition) is 5. The predicted octanol–water partition coefficient (Wildman–Crippen LogP) is 2.62. The number of Topliss-reactive ketones (excluding diaryl/α,β-unsaturated/α-hetero) is 1. The standard InChI is InChI=1S/C15H16FNO4S2/c1-10(18)15-6-3-11(22-15)7-8-17-23(19,20)12-4-5-14(21-2)13(16)9-12/h3-6,9,17H,7-8H2,1-2H3. The van der Waals surface area contributed by atoms with Crippen molar-refractivity contribution in [2.24, 2.45) is 0 Å². The topological polar surface area (TPSA) is 72.5 Å². The lowest BCUT2D eigenvalue weighted by Crippen LogP contribution is -2.25. The summed E-state index contributed by atoms with van der Waals surface area (Å²) in [5.74, 6) is -0.769. The summed E-state index contributed by atoms with van der Waals surface area (Å²) >= 11 is 1.33. The fraction of sp³-hybridized carbons (Fsp3) is 0.267. The minimum Gasteiger partial charge on any atom is -0.494 e. The molecule has 0 saturated heterocycles. The van der Waals surface area contributed by atoms with E-state index in [-0.39, 0.29) is 23.0 Å². The molecule has 2 aromatic rings.